The maximum absolute atomic E-state index is 13.2. The van der Waals surface area contributed by atoms with E-state index < -0.39 is 12.0 Å². The van der Waals surface area contributed by atoms with E-state index in [-0.39, 0.29) is 11.6 Å². The first-order valence-corrected chi connectivity index (χ1v) is 9.75. The number of amides is 1. The number of alkyl halides is 2. The number of halogens is 2. The van der Waals surface area contributed by atoms with Gasteiger partial charge in [-0.25, -0.2) is 18.7 Å². The standard InChI is InChI=1S/C20H27F2N5O/c1-13-12-16(18(21)22)24-19(23-13)20(8-4-5-9-20)25-17(28)7-6-10-27-15(3)11-14(2)26-27/h11-12,18H,4-10H2,1-3H3,(H,25,28). The molecular weight excluding hydrogens is 364 g/mol. The van der Waals surface area contributed by atoms with Crippen LogP contribution in [0.3, 0.4) is 0 Å². The molecule has 28 heavy (non-hydrogen) atoms. The van der Waals surface area contributed by atoms with E-state index in [9.17, 15) is 13.6 Å². The van der Waals surface area contributed by atoms with E-state index in [1.54, 1.807) is 6.92 Å². The predicted molar refractivity (Wildman–Crippen MR) is 101 cm³/mol. The van der Waals surface area contributed by atoms with Gasteiger partial charge in [-0.3, -0.25) is 9.48 Å². The van der Waals surface area contributed by atoms with Crippen LogP contribution >= 0.6 is 0 Å². The highest BCUT2D eigenvalue weighted by atomic mass is 19.3. The van der Waals surface area contributed by atoms with Crippen molar-refractivity contribution in [3.63, 3.8) is 0 Å². The summed E-state index contributed by atoms with van der Waals surface area (Å²) in [5.74, 6) is 0.208. The fraction of sp³-hybridized carbons (Fsp3) is 0.600. The Bertz CT molecular complexity index is 843. The molecule has 0 aliphatic heterocycles. The van der Waals surface area contributed by atoms with E-state index in [0.717, 1.165) is 24.2 Å². The van der Waals surface area contributed by atoms with Gasteiger partial charge in [0.2, 0.25) is 5.91 Å². The lowest BCUT2D eigenvalue weighted by atomic mass is 9.95. The molecule has 0 radical (unpaired) electrons. The molecule has 6 nitrogen and oxygen atoms in total. The van der Waals surface area contributed by atoms with Crippen molar-refractivity contribution < 1.29 is 13.6 Å². The van der Waals surface area contributed by atoms with E-state index >= 15 is 0 Å². The summed E-state index contributed by atoms with van der Waals surface area (Å²) >= 11 is 0. The second kappa shape index (κ2) is 8.32. The number of hydrogen-bond donors (Lipinski definition) is 1. The van der Waals surface area contributed by atoms with Gasteiger partial charge in [0.15, 0.2) is 5.82 Å². The Kier molecular flexibility index (Phi) is 6.05. The lowest BCUT2D eigenvalue weighted by molar-refractivity contribution is -0.123. The second-order valence-corrected chi connectivity index (χ2v) is 7.65. The molecule has 1 fully saturated rings. The number of hydrogen-bond acceptors (Lipinski definition) is 4. The van der Waals surface area contributed by atoms with Gasteiger partial charge in [0.25, 0.3) is 6.43 Å². The fourth-order valence-electron chi connectivity index (χ4n) is 3.92. The van der Waals surface area contributed by atoms with Crippen LogP contribution in [0.2, 0.25) is 0 Å². The molecule has 0 unspecified atom stereocenters. The minimum absolute atomic E-state index is 0.105. The quantitative estimate of drug-likeness (QED) is 0.777. The Balaban J connectivity index is 1.68. The zero-order valence-corrected chi connectivity index (χ0v) is 16.6. The number of nitrogens with one attached hydrogen (secondary N) is 1. The molecular formula is C20H27F2N5O. The van der Waals surface area contributed by atoms with Gasteiger partial charge < -0.3 is 5.32 Å². The first-order valence-electron chi connectivity index (χ1n) is 9.75. The monoisotopic (exact) mass is 391 g/mol. The van der Waals surface area contributed by atoms with Crippen molar-refractivity contribution in [2.75, 3.05) is 0 Å². The zero-order valence-electron chi connectivity index (χ0n) is 16.6. The van der Waals surface area contributed by atoms with Crippen LogP contribution in [0.4, 0.5) is 8.78 Å². The molecule has 2 heterocycles. The lowest BCUT2D eigenvalue weighted by Gasteiger charge is -2.29. The summed E-state index contributed by atoms with van der Waals surface area (Å²) in [5.41, 5.74) is 1.49. The van der Waals surface area contributed by atoms with Crippen molar-refractivity contribution in [2.45, 2.75) is 77.8 Å². The van der Waals surface area contributed by atoms with E-state index in [2.05, 4.69) is 20.4 Å². The fourth-order valence-corrected chi connectivity index (χ4v) is 3.92. The minimum atomic E-state index is -2.66. The Labute approximate surface area is 163 Å². The Morgan fingerprint density at radius 2 is 1.89 bits per heavy atom. The van der Waals surface area contributed by atoms with Crippen LogP contribution in [0.5, 0.6) is 0 Å². The van der Waals surface area contributed by atoms with Gasteiger partial charge in [0.1, 0.15) is 5.69 Å². The average molecular weight is 391 g/mol. The average Bonchev–Trinajstić information content (AvgIpc) is 3.21. The molecule has 8 heteroatoms. The minimum Gasteiger partial charge on any atom is -0.343 e. The van der Waals surface area contributed by atoms with Crippen LogP contribution in [0.25, 0.3) is 0 Å². The molecule has 0 saturated heterocycles. The van der Waals surface area contributed by atoms with Gasteiger partial charge in [0.05, 0.1) is 11.2 Å². The van der Waals surface area contributed by atoms with Gasteiger partial charge in [0, 0.05) is 24.4 Å². The number of carbonyl (C=O) groups is 1. The summed E-state index contributed by atoms with van der Waals surface area (Å²) in [6.45, 7) is 6.27. The van der Waals surface area contributed by atoms with Crippen molar-refractivity contribution in [1.82, 2.24) is 25.1 Å². The first kappa shape index (κ1) is 20.4. The highest BCUT2D eigenvalue weighted by Gasteiger charge is 2.40. The van der Waals surface area contributed by atoms with Crippen molar-refractivity contribution in [3.8, 4) is 0 Å². The molecule has 2 aromatic rings. The summed E-state index contributed by atoms with van der Waals surface area (Å²) in [6.07, 6.45) is 1.50. The molecule has 2 aromatic heterocycles. The molecule has 3 rings (SSSR count). The highest BCUT2D eigenvalue weighted by molar-refractivity contribution is 5.76. The maximum atomic E-state index is 13.2. The maximum Gasteiger partial charge on any atom is 0.280 e. The first-order chi connectivity index (χ1) is 13.3. The molecule has 1 saturated carbocycles. The zero-order chi connectivity index (χ0) is 20.3. The number of nitrogens with zero attached hydrogens (tertiary/aromatic N) is 4. The van der Waals surface area contributed by atoms with Gasteiger partial charge in [-0.05, 0) is 52.2 Å². The third-order valence-electron chi connectivity index (χ3n) is 5.24. The summed E-state index contributed by atoms with van der Waals surface area (Å²) in [7, 11) is 0. The summed E-state index contributed by atoms with van der Waals surface area (Å²) < 4.78 is 28.3. The predicted octanol–water partition coefficient (Wildman–Crippen LogP) is 3.90. The van der Waals surface area contributed by atoms with Gasteiger partial charge in [-0.2, -0.15) is 5.10 Å². The SMILES string of the molecule is Cc1cc(C(F)F)nc(C2(NC(=O)CCCn3nc(C)cc3C)CCCC2)n1. The normalized spacial score (nSPS) is 15.9. The number of rotatable bonds is 7. The van der Waals surface area contributed by atoms with E-state index in [1.165, 1.54) is 6.07 Å². The highest BCUT2D eigenvalue weighted by Crippen LogP contribution is 2.38. The smallest absolute Gasteiger partial charge is 0.280 e. The van der Waals surface area contributed by atoms with Crippen molar-refractivity contribution in [2.24, 2.45) is 0 Å². The van der Waals surface area contributed by atoms with Crippen LogP contribution in [-0.2, 0) is 16.9 Å². The van der Waals surface area contributed by atoms with Gasteiger partial charge in [-0.15, -0.1) is 0 Å². The van der Waals surface area contributed by atoms with E-state index in [4.69, 9.17) is 0 Å². The van der Waals surface area contributed by atoms with E-state index in [0.29, 0.717) is 43.7 Å². The molecule has 1 aliphatic rings. The molecule has 152 valence electrons. The summed E-state index contributed by atoms with van der Waals surface area (Å²) in [5, 5.41) is 7.47. The topological polar surface area (TPSA) is 72.7 Å². The molecule has 0 spiro atoms. The van der Waals surface area contributed by atoms with Crippen LogP contribution in [0.1, 0.15) is 73.6 Å². The summed E-state index contributed by atoms with van der Waals surface area (Å²) in [4.78, 5) is 21.1. The molecule has 1 amide bonds. The van der Waals surface area contributed by atoms with Crippen molar-refractivity contribution >= 4 is 5.91 Å². The molecule has 0 atom stereocenters. The van der Waals surface area contributed by atoms with Gasteiger partial charge in [-0.1, -0.05) is 12.8 Å². The molecule has 0 aromatic carbocycles. The van der Waals surface area contributed by atoms with Crippen LogP contribution in [0, 0.1) is 20.8 Å². The Morgan fingerprint density at radius 1 is 1.18 bits per heavy atom. The number of aromatic nitrogens is 4. The van der Waals surface area contributed by atoms with Crippen molar-refractivity contribution in [1.29, 1.82) is 0 Å². The number of aryl methyl sites for hydroxylation is 4. The summed E-state index contributed by atoms with van der Waals surface area (Å²) in [6, 6.07) is 3.30. The largest absolute Gasteiger partial charge is 0.343 e. The van der Waals surface area contributed by atoms with Crippen LogP contribution in [-0.4, -0.2) is 25.7 Å². The van der Waals surface area contributed by atoms with Crippen molar-refractivity contribution in [3.05, 3.63) is 40.7 Å². The van der Waals surface area contributed by atoms with Crippen LogP contribution in [0.15, 0.2) is 12.1 Å². The third-order valence-corrected chi connectivity index (χ3v) is 5.24. The molecule has 1 N–H and O–H groups in total. The van der Waals surface area contributed by atoms with E-state index in [1.807, 2.05) is 24.6 Å². The second-order valence-electron chi connectivity index (χ2n) is 7.65. The Morgan fingerprint density at radius 3 is 2.50 bits per heavy atom. The Hall–Kier alpha value is -2.38. The van der Waals surface area contributed by atoms with Crippen LogP contribution < -0.4 is 5.32 Å². The molecule has 0 bridgehead atoms. The molecule has 1 aliphatic carbocycles. The van der Waals surface area contributed by atoms with Gasteiger partial charge >= 0.3 is 0 Å². The lowest BCUT2D eigenvalue weighted by Crippen LogP contribution is -2.45. The number of carbonyl (C=O) groups excluding carboxylic acids is 1. The third kappa shape index (κ3) is 4.54.